The summed E-state index contributed by atoms with van der Waals surface area (Å²) < 4.78 is 0. The largest absolute Gasteiger partial charge is 0.481 e. The van der Waals surface area contributed by atoms with Gasteiger partial charge in [-0.3, -0.25) is 72.5 Å². The van der Waals surface area contributed by atoms with Crippen molar-refractivity contribution in [3.8, 4) is 0 Å². The van der Waals surface area contributed by atoms with Crippen molar-refractivity contribution in [2.24, 2.45) is 29.0 Å². The number of hydrogen-bond acceptors (Lipinski definition) is 22. The molecule has 0 bridgehead atoms. The van der Waals surface area contributed by atoms with Gasteiger partial charge in [-0.1, -0.05) is 70.9 Å². The lowest BCUT2D eigenvalue weighted by molar-refractivity contribution is -0.149. The van der Waals surface area contributed by atoms with Crippen LogP contribution in [0.15, 0.2) is 30.3 Å². The van der Waals surface area contributed by atoms with Crippen LogP contribution in [0.5, 0.6) is 0 Å². The number of nitrogens with one attached hydrogen (secondary N) is 12. The highest BCUT2D eigenvalue weighted by Crippen LogP contribution is 2.28. The lowest BCUT2D eigenvalue weighted by Crippen LogP contribution is -2.62. The Hall–Kier alpha value is -8.92. The molecule has 13 amide bonds. The first-order chi connectivity index (χ1) is 50.3. The van der Waals surface area contributed by atoms with E-state index in [1.807, 2.05) is 0 Å². The molecule has 16 atom stereocenters. The standard InChI is InChI=1S/C67H108N18O19S2/c1-6-35(3)51(61(98)79-44(33-105)57(94)75-41(29-38-17-9-8-10-18-38)63(100)83-26-14-21-46(83)59(96)76-42(66(103)104)30-50(89)90)80-60(97)47-22-15-27-84(47)64(101)48-23-16-28-85(48)65(102)52(36(4)7-2)81-56(93)43(32-86)77-55(92)40(19-11-12-24-68)74-62(99)53(37(5)87)82-58(95)45(34-106)78-54(91)39(73-49(88)31-69)20-13-25-72-67(70)71/h8-10,17-18,35-37,39-48,51-53,86-87,105-106H,6-7,11-16,19-34,68-69H2,1-5H3,(H,73,88)(H,74,99)(H,75,94)(H,76,96)(H,77,92)(H,78,91)(H,79,98)(H,80,97)(H,81,93)(H,82,95)(H,89,90)(H,103,104)(H4,70,71,72)/t35-,36-,37+,39-,40-,41-,42-,43-,44-,45-,46-,47-,48-,51-,52-,53-/m0/s1. The summed E-state index contributed by atoms with van der Waals surface area (Å²) >= 11 is 8.54. The highest BCUT2D eigenvalue weighted by molar-refractivity contribution is 7.80. The maximum atomic E-state index is 14.8. The lowest BCUT2D eigenvalue weighted by atomic mass is 9.96. The predicted octanol–water partition coefficient (Wildman–Crippen LogP) is -5.71. The van der Waals surface area contributed by atoms with Crippen molar-refractivity contribution in [1.29, 1.82) is 5.41 Å². The molecule has 0 unspecified atom stereocenters. The zero-order valence-corrected chi connectivity index (χ0v) is 62.3. The van der Waals surface area contributed by atoms with Crippen LogP contribution < -0.4 is 75.7 Å². The van der Waals surface area contributed by atoms with Crippen LogP contribution in [0.4, 0.5) is 0 Å². The number of hydrogen-bond donors (Lipinski definition) is 21. The molecule has 592 valence electrons. The number of rotatable bonds is 44. The molecule has 39 heteroatoms. The van der Waals surface area contributed by atoms with Crippen molar-refractivity contribution in [2.75, 3.05) is 57.4 Å². The van der Waals surface area contributed by atoms with Crippen LogP contribution in [-0.4, -0.2) is 272 Å². The third-order valence-electron chi connectivity index (χ3n) is 18.9. The van der Waals surface area contributed by atoms with Crippen molar-refractivity contribution in [3.63, 3.8) is 0 Å². The van der Waals surface area contributed by atoms with E-state index < -0.39 is 205 Å². The van der Waals surface area contributed by atoms with E-state index in [0.717, 1.165) is 0 Å². The molecule has 0 saturated carbocycles. The number of aliphatic hydroxyl groups excluding tert-OH is 2. The quantitative estimate of drug-likeness (QED) is 0.0125. The van der Waals surface area contributed by atoms with Crippen LogP contribution >= 0.6 is 25.3 Å². The first-order valence-electron chi connectivity index (χ1n) is 35.7. The SMILES string of the molecule is CC[C@H](C)[C@H](NC(=O)[C@@H]1CCCN1C(=O)[C@@H]1CCCN1C(=O)[C@@H](NC(=O)[C@H](CO)NC(=O)[C@H](CCCCN)NC(=O)[C@@H](NC(=O)[C@H](CS)NC(=O)[C@H](CCCNC(=N)N)NC(=O)CN)[C@@H](C)O)[C@@H](C)CC)C(=O)N[C@@H](CS)C(=O)N[C@@H](Cc1ccccc1)C(=O)N1CCC[C@H]1C(=O)N[C@@H](CC(=O)O)C(=O)O. The monoisotopic (exact) mass is 1530 g/mol. The fourth-order valence-electron chi connectivity index (χ4n) is 12.4. The van der Waals surface area contributed by atoms with E-state index in [4.69, 9.17) is 22.6 Å². The number of aliphatic carboxylic acids is 2. The summed E-state index contributed by atoms with van der Waals surface area (Å²) in [6.07, 6.45) is 0.163. The molecule has 3 saturated heterocycles. The molecule has 4 rings (SSSR count). The van der Waals surface area contributed by atoms with Crippen LogP contribution in [0.1, 0.15) is 130 Å². The molecule has 3 aliphatic heterocycles. The van der Waals surface area contributed by atoms with Gasteiger partial charge in [-0.15, -0.1) is 0 Å². The number of benzene rings is 1. The van der Waals surface area contributed by atoms with Crippen LogP contribution in [0.3, 0.4) is 0 Å². The lowest BCUT2D eigenvalue weighted by Gasteiger charge is -2.35. The average Bonchev–Trinajstić information content (AvgIpc) is 1.62. The van der Waals surface area contributed by atoms with Crippen molar-refractivity contribution < 1.29 is 92.3 Å². The van der Waals surface area contributed by atoms with Crippen LogP contribution in [-0.2, 0) is 78.3 Å². The van der Waals surface area contributed by atoms with E-state index in [2.05, 4.69) is 83.7 Å². The minimum absolute atomic E-state index is 0.0175. The number of likely N-dealkylation sites (tertiary alicyclic amines) is 3. The van der Waals surface area contributed by atoms with Crippen LogP contribution in [0.2, 0.25) is 0 Å². The Labute approximate surface area is 626 Å². The van der Waals surface area contributed by atoms with Crippen molar-refractivity contribution in [1.82, 2.24) is 73.2 Å². The second kappa shape index (κ2) is 44.9. The molecule has 0 aliphatic carbocycles. The number of carbonyl (C=O) groups is 15. The summed E-state index contributed by atoms with van der Waals surface area (Å²) in [5, 5.41) is 75.3. The molecule has 0 radical (unpaired) electrons. The van der Waals surface area contributed by atoms with E-state index in [0.29, 0.717) is 44.1 Å². The van der Waals surface area contributed by atoms with Gasteiger partial charge in [0.05, 0.1) is 25.7 Å². The number of carboxylic acids is 2. The average molecular weight is 1530 g/mol. The number of guanidine groups is 1. The normalized spacial score (nSPS) is 19.2. The number of aliphatic hydroxyl groups is 2. The maximum absolute atomic E-state index is 14.8. The summed E-state index contributed by atoms with van der Waals surface area (Å²) in [6.45, 7) is 7.06. The molecule has 22 N–H and O–H groups in total. The topological polar surface area (TPSA) is 581 Å². The van der Waals surface area contributed by atoms with Gasteiger partial charge in [0.2, 0.25) is 76.8 Å². The first-order valence-corrected chi connectivity index (χ1v) is 37.0. The molecule has 106 heavy (non-hydrogen) atoms. The van der Waals surface area contributed by atoms with E-state index in [-0.39, 0.29) is 102 Å². The third-order valence-corrected chi connectivity index (χ3v) is 19.6. The number of carboxylic acid groups (broad SMARTS) is 2. The summed E-state index contributed by atoms with van der Waals surface area (Å²) in [5.74, 6) is -16.1. The number of unbranched alkanes of at least 4 members (excludes halogenated alkanes) is 1. The second-order valence-corrected chi connectivity index (χ2v) is 27.4. The molecule has 0 aromatic heterocycles. The zero-order chi connectivity index (χ0) is 79.1. The first kappa shape index (κ1) is 89.5. The predicted molar refractivity (Wildman–Crippen MR) is 390 cm³/mol. The maximum Gasteiger partial charge on any atom is 0.326 e. The van der Waals surface area contributed by atoms with Gasteiger partial charge < -0.3 is 111 Å². The Morgan fingerprint density at radius 3 is 1.54 bits per heavy atom. The smallest absolute Gasteiger partial charge is 0.326 e. The van der Waals surface area contributed by atoms with Gasteiger partial charge in [0.25, 0.3) is 0 Å². The zero-order valence-electron chi connectivity index (χ0n) is 60.5. The highest BCUT2D eigenvalue weighted by Gasteiger charge is 2.47. The molecule has 0 spiro atoms. The minimum atomic E-state index is -1.79. The molecular formula is C67H108N18O19S2. The molecule has 3 aliphatic rings. The van der Waals surface area contributed by atoms with Gasteiger partial charge in [-0.05, 0) is 101 Å². The van der Waals surface area contributed by atoms with Gasteiger partial charge in [0, 0.05) is 44.1 Å². The Kier molecular flexibility index (Phi) is 37.9. The molecular weight excluding hydrogens is 1420 g/mol. The number of thiol groups is 2. The summed E-state index contributed by atoms with van der Waals surface area (Å²) in [4.78, 5) is 209. The van der Waals surface area contributed by atoms with Gasteiger partial charge in [0.15, 0.2) is 5.96 Å². The summed E-state index contributed by atoms with van der Waals surface area (Å²) in [6, 6.07) is -9.80. The Balaban J connectivity index is 1.48. The Morgan fingerprint density at radius 1 is 0.538 bits per heavy atom. The van der Waals surface area contributed by atoms with Gasteiger partial charge in [-0.25, -0.2) is 4.79 Å². The Morgan fingerprint density at radius 2 is 1.00 bits per heavy atom. The molecule has 1 aromatic carbocycles. The van der Waals surface area contributed by atoms with Crippen LogP contribution in [0.25, 0.3) is 0 Å². The fourth-order valence-corrected chi connectivity index (χ4v) is 13.0. The summed E-state index contributed by atoms with van der Waals surface area (Å²) in [5.41, 5.74) is 17.1. The molecule has 3 heterocycles. The van der Waals surface area contributed by atoms with Gasteiger partial charge in [0.1, 0.15) is 78.5 Å². The van der Waals surface area contributed by atoms with Crippen molar-refractivity contribution in [2.45, 2.75) is 216 Å². The van der Waals surface area contributed by atoms with E-state index in [1.54, 1.807) is 58.0 Å². The van der Waals surface area contributed by atoms with Crippen LogP contribution in [0, 0.1) is 17.2 Å². The van der Waals surface area contributed by atoms with Gasteiger partial charge >= 0.3 is 11.9 Å². The van der Waals surface area contributed by atoms with E-state index in [1.165, 1.54) is 21.6 Å². The molecule has 37 nitrogen and oxygen atoms in total. The molecule has 3 fully saturated rings. The highest BCUT2D eigenvalue weighted by atomic mass is 32.1. The number of carbonyl (C=O) groups excluding carboxylic acids is 13. The van der Waals surface area contributed by atoms with E-state index in [9.17, 15) is 92.3 Å². The van der Waals surface area contributed by atoms with Crippen molar-refractivity contribution >= 4 is 120 Å². The number of nitrogens with two attached hydrogens (primary N) is 3. The third kappa shape index (κ3) is 26.8. The summed E-state index contributed by atoms with van der Waals surface area (Å²) in [7, 11) is 0. The van der Waals surface area contributed by atoms with Gasteiger partial charge in [-0.2, -0.15) is 25.3 Å². The fraction of sp³-hybridized carbons (Fsp3) is 0.672. The minimum Gasteiger partial charge on any atom is -0.481 e. The van der Waals surface area contributed by atoms with E-state index >= 15 is 0 Å². The number of nitrogens with zero attached hydrogens (tertiary/aromatic N) is 3. The second-order valence-electron chi connectivity index (χ2n) is 26.7. The molecule has 1 aromatic rings. The Bertz CT molecular complexity index is 3230. The van der Waals surface area contributed by atoms with Crippen molar-refractivity contribution in [3.05, 3.63) is 35.9 Å². The number of amides is 13.